The van der Waals surface area contributed by atoms with Gasteiger partial charge in [0.15, 0.2) is 0 Å². The Morgan fingerprint density at radius 1 is 1.24 bits per heavy atom. The van der Waals surface area contributed by atoms with Gasteiger partial charge in [-0.1, -0.05) is 51.0 Å². The first-order valence-corrected chi connectivity index (χ1v) is 9.26. The number of hydrogen-bond acceptors (Lipinski definition) is 3. The highest BCUT2D eigenvalue weighted by molar-refractivity contribution is 7.88. The third-order valence-corrected chi connectivity index (χ3v) is 5.85. The zero-order valence-electron chi connectivity index (χ0n) is 12.9. The summed E-state index contributed by atoms with van der Waals surface area (Å²) < 4.78 is 27.9. The monoisotopic (exact) mass is 310 g/mol. The summed E-state index contributed by atoms with van der Waals surface area (Å²) in [5, 5.41) is 0. The molecule has 2 rings (SSSR count). The van der Waals surface area contributed by atoms with Crippen LogP contribution >= 0.6 is 0 Å². The predicted octanol–water partition coefficient (Wildman–Crippen LogP) is 2.53. The first-order chi connectivity index (χ1) is 9.84. The SMILES string of the molecule is CC1(C)CCCCC1NS(=O)(=O)Cc1ccccc1CN. The first kappa shape index (κ1) is 16.5. The van der Waals surface area contributed by atoms with E-state index in [0.717, 1.165) is 30.4 Å². The van der Waals surface area contributed by atoms with Crippen molar-refractivity contribution in [1.29, 1.82) is 0 Å². The number of hydrogen-bond donors (Lipinski definition) is 2. The largest absolute Gasteiger partial charge is 0.326 e. The first-order valence-electron chi connectivity index (χ1n) is 7.61. The van der Waals surface area contributed by atoms with Gasteiger partial charge in [-0.25, -0.2) is 13.1 Å². The topological polar surface area (TPSA) is 72.2 Å². The van der Waals surface area contributed by atoms with Gasteiger partial charge in [-0.15, -0.1) is 0 Å². The molecular weight excluding hydrogens is 284 g/mol. The Bertz CT molecular complexity index is 582. The van der Waals surface area contributed by atoms with Crippen molar-refractivity contribution in [3.63, 3.8) is 0 Å². The van der Waals surface area contributed by atoms with Gasteiger partial charge in [0.25, 0.3) is 0 Å². The predicted molar refractivity (Wildman–Crippen MR) is 86.1 cm³/mol. The molecule has 118 valence electrons. The molecule has 5 heteroatoms. The lowest BCUT2D eigenvalue weighted by atomic mass is 9.74. The van der Waals surface area contributed by atoms with Gasteiger partial charge in [0.1, 0.15) is 0 Å². The van der Waals surface area contributed by atoms with E-state index >= 15 is 0 Å². The summed E-state index contributed by atoms with van der Waals surface area (Å²) in [6.45, 7) is 4.65. The van der Waals surface area contributed by atoms with Gasteiger partial charge in [-0.2, -0.15) is 0 Å². The molecule has 0 amide bonds. The van der Waals surface area contributed by atoms with Crippen molar-refractivity contribution in [3.8, 4) is 0 Å². The van der Waals surface area contributed by atoms with E-state index in [9.17, 15) is 8.42 Å². The van der Waals surface area contributed by atoms with Gasteiger partial charge in [0.2, 0.25) is 10.0 Å². The van der Waals surface area contributed by atoms with Crippen LogP contribution in [0.5, 0.6) is 0 Å². The Balaban J connectivity index is 2.12. The third kappa shape index (κ3) is 4.28. The molecule has 1 aromatic carbocycles. The van der Waals surface area contributed by atoms with E-state index in [4.69, 9.17) is 5.73 Å². The van der Waals surface area contributed by atoms with Crippen molar-refractivity contribution in [1.82, 2.24) is 4.72 Å². The Hall–Kier alpha value is -0.910. The molecule has 1 saturated carbocycles. The fraction of sp³-hybridized carbons (Fsp3) is 0.625. The van der Waals surface area contributed by atoms with Crippen LogP contribution in [0.25, 0.3) is 0 Å². The molecule has 3 N–H and O–H groups in total. The van der Waals surface area contributed by atoms with Crippen LogP contribution in [0.15, 0.2) is 24.3 Å². The summed E-state index contributed by atoms with van der Waals surface area (Å²) >= 11 is 0. The van der Waals surface area contributed by atoms with Crippen LogP contribution in [0, 0.1) is 5.41 Å². The highest BCUT2D eigenvalue weighted by Gasteiger charge is 2.34. The van der Waals surface area contributed by atoms with Crippen LogP contribution in [-0.4, -0.2) is 14.5 Å². The highest BCUT2D eigenvalue weighted by atomic mass is 32.2. The molecule has 21 heavy (non-hydrogen) atoms. The summed E-state index contributed by atoms with van der Waals surface area (Å²) in [6.07, 6.45) is 4.27. The normalized spacial score (nSPS) is 22.1. The minimum Gasteiger partial charge on any atom is -0.326 e. The fourth-order valence-electron chi connectivity index (χ4n) is 3.07. The molecule has 0 spiro atoms. The van der Waals surface area contributed by atoms with Crippen molar-refractivity contribution in [2.45, 2.75) is 57.9 Å². The van der Waals surface area contributed by atoms with Crippen molar-refractivity contribution in [2.24, 2.45) is 11.1 Å². The lowest BCUT2D eigenvalue weighted by molar-refractivity contribution is 0.188. The Morgan fingerprint density at radius 2 is 1.90 bits per heavy atom. The standard InChI is InChI=1S/C16H26N2O2S/c1-16(2)10-6-5-9-15(16)18-21(19,20)12-14-8-4-3-7-13(14)11-17/h3-4,7-8,15,18H,5-6,9-12,17H2,1-2H3. The van der Waals surface area contributed by atoms with Crippen LogP contribution in [0.1, 0.15) is 50.7 Å². The molecule has 0 saturated heterocycles. The van der Waals surface area contributed by atoms with Gasteiger partial charge in [-0.05, 0) is 29.4 Å². The number of nitrogens with one attached hydrogen (secondary N) is 1. The zero-order chi connectivity index (χ0) is 15.5. The van der Waals surface area contributed by atoms with E-state index in [1.165, 1.54) is 6.42 Å². The molecule has 1 atom stereocenters. The van der Waals surface area contributed by atoms with Crippen molar-refractivity contribution in [3.05, 3.63) is 35.4 Å². The molecule has 0 radical (unpaired) electrons. The van der Waals surface area contributed by atoms with Crippen molar-refractivity contribution < 1.29 is 8.42 Å². The van der Waals surface area contributed by atoms with Crippen LogP contribution in [0.4, 0.5) is 0 Å². The molecule has 0 heterocycles. The smallest absolute Gasteiger partial charge is 0.216 e. The third-order valence-electron chi connectivity index (χ3n) is 4.51. The number of benzene rings is 1. The molecule has 4 nitrogen and oxygen atoms in total. The minimum atomic E-state index is -3.34. The van der Waals surface area contributed by atoms with Gasteiger partial charge in [-0.3, -0.25) is 0 Å². The molecule has 1 fully saturated rings. The summed E-state index contributed by atoms with van der Waals surface area (Å²) in [6, 6.07) is 7.49. The quantitative estimate of drug-likeness (QED) is 0.878. The molecule has 0 aromatic heterocycles. The maximum Gasteiger partial charge on any atom is 0.216 e. The summed E-state index contributed by atoms with van der Waals surface area (Å²) in [5.74, 6) is 0.00690. The van der Waals surface area contributed by atoms with E-state index in [0.29, 0.717) is 6.54 Å². The van der Waals surface area contributed by atoms with Gasteiger partial charge in [0.05, 0.1) is 5.75 Å². The number of sulfonamides is 1. The average Bonchev–Trinajstić information content (AvgIpc) is 2.41. The van der Waals surface area contributed by atoms with E-state index in [-0.39, 0.29) is 17.2 Å². The average molecular weight is 310 g/mol. The van der Waals surface area contributed by atoms with Crippen molar-refractivity contribution >= 4 is 10.0 Å². The molecule has 1 unspecified atom stereocenters. The van der Waals surface area contributed by atoms with Gasteiger partial charge in [0, 0.05) is 12.6 Å². The second kappa shape index (κ2) is 6.46. The molecule has 1 aromatic rings. The van der Waals surface area contributed by atoms with E-state index in [2.05, 4.69) is 18.6 Å². The molecule has 0 aliphatic heterocycles. The summed E-state index contributed by atoms with van der Waals surface area (Å²) in [4.78, 5) is 0. The maximum absolute atomic E-state index is 12.5. The summed E-state index contributed by atoms with van der Waals surface area (Å²) in [7, 11) is -3.34. The van der Waals surface area contributed by atoms with E-state index in [1.807, 2.05) is 24.3 Å². The second-order valence-corrected chi connectivity index (χ2v) is 8.39. The van der Waals surface area contributed by atoms with Crippen LogP contribution in [0.3, 0.4) is 0 Å². The number of rotatable bonds is 5. The Labute approximate surface area is 128 Å². The lowest BCUT2D eigenvalue weighted by Gasteiger charge is -2.38. The van der Waals surface area contributed by atoms with E-state index < -0.39 is 10.0 Å². The minimum absolute atomic E-state index is 0.00690. The zero-order valence-corrected chi connectivity index (χ0v) is 13.7. The Morgan fingerprint density at radius 3 is 2.52 bits per heavy atom. The second-order valence-electron chi connectivity index (χ2n) is 6.64. The molecule has 1 aliphatic carbocycles. The van der Waals surface area contributed by atoms with Crippen LogP contribution < -0.4 is 10.5 Å². The molecule has 0 bridgehead atoms. The molecule has 1 aliphatic rings. The molecular formula is C16H26N2O2S. The van der Waals surface area contributed by atoms with E-state index in [1.54, 1.807) is 0 Å². The maximum atomic E-state index is 12.5. The Kier molecular flexibility index (Phi) is 5.07. The van der Waals surface area contributed by atoms with Gasteiger partial charge >= 0.3 is 0 Å². The highest BCUT2D eigenvalue weighted by Crippen LogP contribution is 2.35. The summed E-state index contributed by atoms with van der Waals surface area (Å²) in [5.41, 5.74) is 7.40. The number of nitrogens with two attached hydrogens (primary N) is 1. The lowest BCUT2D eigenvalue weighted by Crippen LogP contribution is -2.47. The van der Waals surface area contributed by atoms with Crippen LogP contribution in [0.2, 0.25) is 0 Å². The van der Waals surface area contributed by atoms with Crippen molar-refractivity contribution in [2.75, 3.05) is 0 Å². The fourth-order valence-corrected chi connectivity index (χ4v) is 4.72. The van der Waals surface area contributed by atoms with Crippen LogP contribution in [-0.2, 0) is 22.3 Å². The van der Waals surface area contributed by atoms with Gasteiger partial charge < -0.3 is 5.73 Å².